The maximum absolute atomic E-state index is 13.3. The smallest absolute Gasteiger partial charge is 0.322 e. The summed E-state index contributed by atoms with van der Waals surface area (Å²) in [6, 6.07) is 7.35. The van der Waals surface area contributed by atoms with Crippen molar-refractivity contribution in [3.63, 3.8) is 0 Å². The van der Waals surface area contributed by atoms with Crippen molar-refractivity contribution in [2.75, 3.05) is 25.0 Å². The Morgan fingerprint density at radius 2 is 1.93 bits per heavy atom. The molecule has 1 aliphatic carbocycles. The number of urea groups is 1. The summed E-state index contributed by atoms with van der Waals surface area (Å²) in [5.41, 5.74) is 0.681. The molecule has 2 aliphatic rings. The summed E-state index contributed by atoms with van der Waals surface area (Å²) in [5, 5.41) is 6.14. The van der Waals surface area contributed by atoms with Crippen LogP contribution >= 0.6 is 0 Å². The first-order valence-electron chi connectivity index (χ1n) is 10.8. The van der Waals surface area contributed by atoms with Crippen LogP contribution in [-0.2, 0) is 4.79 Å². The van der Waals surface area contributed by atoms with Gasteiger partial charge >= 0.3 is 6.03 Å². The van der Waals surface area contributed by atoms with Crippen molar-refractivity contribution in [3.8, 4) is 5.75 Å². The molecule has 6 nitrogen and oxygen atoms in total. The van der Waals surface area contributed by atoms with E-state index in [9.17, 15) is 9.59 Å². The Bertz CT molecular complexity index is 664. The van der Waals surface area contributed by atoms with Gasteiger partial charge in [0.2, 0.25) is 5.91 Å². The Kier molecular flexibility index (Phi) is 7.57. The first-order valence-corrected chi connectivity index (χ1v) is 10.8. The number of fused-ring (bicyclic) bond motifs is 1. The number of nitrogens with zero attached hydrogens (tertiary/aromatic N) is 1. The number of para-hydroxylation sites is 2. The Labute approximate surface area is 168 Å². The molecule has 1 aromatic rings. The quantitative estimate of drug-likeness (QED) is 0.818. The maximum atomic E-state index is 13.3. The van der Waals surface area contributed by atoms with Crippen molar-refractivity contribution in [2.24, 2.45) is 5.92 Å². The Morgan fingerprint density at radius 3 is 2.79 bits per heavy atom. The number of carbonyl (C=O) groups is 2. The number of anilines is 1. The van der Waals surface area contributed by atoms with Crippen LogP contribution < -0.4 is 15.4 Å². The van der Waals surface area contributed by atoms with Crippen molar-refractivity contribution in [3.05, 3.63) is 24.3 Å². The first-order chi connectivity index (χ1) is 13.7. The lowest BCUT2D eigenvalue weighted by Crippen LogP contribution is -2.52. The summed E-state index contributed by atoms with van der Waals surface area (Å²) in [4.78, 5) is 27.9. The van der Waals surface area contributed by atoms with E-state index in [-0.39, 0.29) is 23.9 Å². The van der Waals surface area contributed by atoms with E-state index in [0.717, 1.165) is 57.9 Å². The third kappa shape index (κ3) is 5.18. The van der Waals surface area contributed by atoms with Crippen LogP contribution in [0.5, 0.6) is 5.75 Å². The number of benzene rings is 1. The normalized spacial score (nSPS) is 23.8. The van der Waals surface area contributed by atoms with E-state index in [0.29, 0.717) is 24.6 Å². The molecule has 0 radical (unpaired) electrons. The molecular formula is C22H33N3O3. The van der Waals surface area contributed by atoms with E-state index in [1.54, 1.807) is 0 Å². The second-order valence-electron chi connectivity index (χ2n) is 7.72. The molecule has 6 heteroatoms. The van der Waals surface area contributed by atoms with Crippen molar-refractivity contribution in [1.82, 2.24) is 10.2 Å². The molecule has 1 saturated carbocycles. The van der Waals surface area contributed by atoms with Crippen LogP contribution in [0.25, 0.3) is 0 Å². The molecule has 2 fully saturated rings. The molecule has 0 aromatic heterocycles. The molecule has 2 atom stereocenters. The fourth-order valence-corrected chi connectivity index (χ4v) is 4.35. The van der Waals surface area contributed by atoms with E-state index >= 15 is 0 Å². The van der Waals surface area contributed by atoms with Crippen LogP contribution in [0.4, 0.5) is 10.5 Å². The number of hydrogen-bond donors (Lipinski definition) is 2. The van der Waals surface area contributed by atoms with Crippen molar-refractivity contribution < 1.29 is 14.3 Å². The molecule has 3 rings (SSSR count). The third-order valence-electron chi connectivity index (χ3n) is 5.78. The van der Waals surface area contributed by atoms with Gasteiger partial charge < -0.3 is 20.3 Å². The van der Waals surface area contributed by atoms with Gasteiger partial charge in [-0.2, -0.15) is 0 Å². The van der Waals surface area contributed by atoms with Gasteiger partial charge in [0.1, 0.15) is 5.75 Å². The van der Waals surface area contributed by atoms with Gasteiger partial charge in [-0.25, -0.2) is 4.79 Å². The zero-order chi connectivity index (χ0) is 19.8. The summed E-state index contributed by atoms with van der Waals surface area (Å²) >= 11 is 0. The van der Waals surface area contributed by atoms with Crippen molar-refractivity contribution in [1.29, 1.82) is 0 Å². The topological polar surface area (TPSA) is 70.7 Å². The van der Waals surface area contributed by atoms with E-state index in [4.69, 9.17) is 4.74 Å². The van der Waals surface area contributed by atoms with Crippen LogP contribution in [0.1, 0.15) is 58.3 Å². The molecule has 0 spiro atoms. The molecule has 2 unspecified atom stereocenters. The fourth-order valence-electron chi connectivity index (χ4n) is 4.35. The molecule has 154 valence electrons. The van der Waals surface area contributed by atoms with Gasteiger partial charge in [0.15, 0.2) is 0 Å². The summed E-state index contributed by atoms with van der Waals surface area (Å²) in [6.07, 6.45) is 8.00. The average Bonchev–Trinajstić information content (AvgIpc) is 2.74. The minimum absolute atomic E-state index is 0.0360. The number of rotatable bonds is 3. The largest absolute Gasteiger partial charge is 0.492 e. The van der Waals surface area contributed by atoms with E-state index in [1.165, 1.54) is 0 Å². The Balaban J connectivity index is 1.80. The number of ether oxygens (including phenoxy) is 1. The van der Waals surface area contributed by atoms with Crippen molar-refractivity contribution in [2.45, 2.75) is 64.3 Å². The Morgan fingerprint density at radius 1 is 1.14 bits per heavy atom. The second-order valence-corrected chi connectivity index (χ2v) is 7.72. The van der Waals surface area contributed by atoms with E-state index in [1.807, 2.05) is 36.1 Å². The predicted molar refractivity (Wildman–Crippen MR) is 111 cm³/mol. The highest BCUT2D eigenvalue weighted by atomic mass is 16.5. The van der Waals surface area contributed by atoms with Gasteiger partial charge in [-0.15, -0.1) is 0 Å². The third-order valence-corrected chi connectivity index (χ3v) is 5.78. The lowest BCUT2D eigenvalue weighted by molar-refractivity contribution is -0.127. The SMILES string of the molecule is CCOc1ccccc1NC(=O)N1CCCCCCNC(=O)C2CCCCC21. The highest BCUT2D eigenvalue weighted by molar-refractivity contribution is 5.92. The zero-order valence-electron chi connectivity index (χ0n) is 16.9. The lowest BCUT2D eigenvalue weighted by atomic mass is 9.82. The first kappa shape index (κ1) is 20.5. The van der Waals surface area contributed by atoms with Crippen LogP contribution in [0, 0.1) is 5.92 Å². The molecule has 1 aromatic carbocycles. The summed E-state index contributed by atoms with van der Waals surface area (Å²) in [6.45, 7) is 3.91. The molecule has 2 N–H and O–H groups in total. The number of hydrogen-bond acceptors (Lipinski definition) is 3. The van der Waals surface area contributed by atoms with E-state index in [2.05, 4.69) is 10.6 Å². The number of nitrogens with one attached hydrogen (secondary N) is 2. The minimum Gasteiger partial charge on any atom is -0.492 e. The van der Waals surface area contributed by atoms with Crippen LogP contribution in [0.2, 0.25) is 0 Å². The summed E-state index contributed by atoms with van der Waals surface area (Å²) in [5.74, 6) is 0.674. The fraction of sp³-hybridized carbons (Fsp3) is 0.636. The molecule has 1 aliphatic heterocycles. The maximum Gasteiger partial charge on any atom is 0.322 e. The molecule has 28 heavy (non-hydrogen) atoms. The number of carbonyl (C=O) groups excluding carboxylic acids is 2. The van der Waals surface area contributed by atoms with Gasteiger partial charge in [-0.3, -0.25) is 4.79 Å². The summed E-state index contributed by atoms with van der Waals surface area (Å²) in [7, 11) is 0. The molecule has 1 saturated heterocycles. The standard InChI is InChI=1S/C22H33N3O3/c1-2-28-20-14-8-6-12-18(20)24-22(27)25-16-10-4-3-9-15-23-21(26)17-11-5-7-13-19(17)25/h6,8,12,14,17,19H,2-5,7,9-11,13,15-16H2,1H3,(H,23,26)(H,24,27). The van der Waals surface area contributed by atoms with Gasteiger partial charge in [-0.05, 0) is 44.7 Å². The zero-order valence-corrected chi connectivity index (χ0v) is 16.9. The molecule has 0 bridgehead atoms. The lowest BCUT2D eigenvalue weighted by Gasteiger charge is -2.39. The highest BCUT2D eigenvalue weighted by Crippen LogP contribution is 2.31. The monoisotopic (exact) mass is 387 g/mol. The highest BCUT2D eigenvalue weighted by Gasteiger charge is 2.37. The van der Waals surface area contributed by atoms with Crippen LogP contribution in [0.15, 0.2) is 24.3 Å². The van der Waals surface area contributed by atoms with Gasteiger partial charge in [0.05, 0.1) is 18.2 Å². The second kappa shape index (κ2) is 10.3. The van der Waals surface area contributed by atoms with Crippen LogP contribution in [-0.4, -0.2) is 42.6 Å². The van der Waals surface area contributed by atoms with Crippen molar-refractivity contribution >= 4 is 17.6 Å². The predicted octanol–water partition coefficient (Wildman–Crippen LogP) is 4.17. The molecule has 3 amide bonds. The number of amides is 3. The van der Waals surface area contributed by atoms with E-state index < -0.39 is 0 Å². The molecule has 1 heterocycles. The van der Waals surface area contributed by atoms with Gasteiger partial charge in [-0.1, -0.05) is 37.8 Å². The minimum atomic E-state index is -0.129. The van der Waals surface area contributed by atoms with Crippen LogP contribution in [0.3, 0.4) is 0 Å². The Hall–Kier alpha value is -2.24. The van der Waals surface area contributed by atoms with Gasteiger partial charge in [0.25, 0.3) is 0 Å². The summed E-state index contributed by atoms with van der Waals surface area (Å²) < 4.78 is 5.65. The van der Waals surface area contributed by atoms with Gasteiger partial charge in [0, 0.05) is 19.1 Å². The molecular weight excluding hydrogens is 354 g/mol. The average molecular weight is 388 g/mol.